The Hall–Kier alpha value is -1.40. The molecule has 0 unspecified atom stereocenters. The van der Waals surface area contributed by atoms with Crippen molar-refractivity contribution >= 4 is 5.82 Å². The standard InChI is InChI=1S/C6H5F4N3/c7-4-1-5(13-3-12-4)11-2-6(8,9)10/h1,3H,2H2,(H,11,12,13). The van der Waals surface area contributed by atoms with Crippen molar-refractivity contribution in [3.05, 3.63) is 18.3 Å². The molecule has 0 saturated carbocycles. The van der Waals surface area contributed by atoms with E-state index in [9.17, 15) is 17.6 Å². The topological polar surface area (TPSA) is 37.8 Å². The molecule has 0 amide bonds. The molecule has 1 rings (SSSR count). The van der Waals surface area contributed by atoms with Crippen molar-refractivity contribution < 1.29 is 17.6 Å². The van der Waals surface area contributed by atoms with Crippen LogP contribution in [0, 0.1) is 5.95 Å². The van der Waals surface area contributed by atoms with Crippen LogP contribution in [0.15, 0.2) is 12.4 Å². The number of aromatic nitrogens is 2. The van der Waals surface area contributed by atoms with Crippen LogP contribution in [-0.2, 0) is 0 Å². The third kappa shape index (κ3) is 3.68. The fourth-order valence-electron chi connectivity index (χ4n) is 0.621. The van der Waals surface area contributed by atoms with Gasteiger partial charge >= 0.3 is 6.18 Å². The summed E-state index contributed by atoms with van der Waals surface area (Å²) in [4.78, 5) is 6.47. The van der Waals surface area contributed by atoms with Crippen LogP contribution in [0.3, 0.4) is 0 Å². The van der Waals surface area contributed by atoms with Gasteiger partial charge in [0.15, 0.2) is 0 Å². The minimum atomic E-state index is -4.35. The van der Waals surface area contributed by atoms with Crippen LogP contribution in [0.4, 0.5) is 23.4 Å². The number of nitrogens with zero attached hydrogens (tertiary/aromatic N) is 2. The van der Waals surface area contributed by atoms with Crippen LogP contribution in [0.25, 0.3) is 0 Å². The zero-order chi connectivity index (χ0) is 9.90. The molecule has 0 fully saturated rings. The van der Waals surface area contributed by atoms with E-state index in [2.05, 4.69) is 9.97 Å². The molecule has 3 nitrogen and oxygen atoms in total. The van der Waals surface area contributed by atoms with E-state index in [1.807, 2.05) is 5.32 Å². The lowest BCUT2D eigenvalue weighted by atomic mass is 10.5. The van der Waals surface area contributed by atoms with Gasteiger partial charge in [0.05, 0.1) is 0 Å². The van der Waals surface area contributed by atoms with E-state index in [4.69, 9.17) is 0 Å². The Kier molecular flexibility index (Phi) is 2.64. The molecule has 0 bridgehead atoms. The minimum absolute atomic E-state index is 0.190. The summed E-state index contributed by atoms with van der Waals surface area (Å²) >= 11 is 0. The molecule has 0 atom stereocenters. The average molecular weight is 195 g/mol. The van der Waals surface area contributed by atoms with Gasteiger partial charge in [0.1, 0.15) is 18.7 Å². The lowest BCUT2D eigenvalue weighted by Crippen LogP contribution is -2.21. The zero-order valence-corrected chi connectivity index (χ0v) is 6.27. The highest BCUT2D eigenvalue weighted by atomic mass is 19.4. The predicted molar refractivity (Wildman–Crippen MR) is 36.5 cm³/mol. The first-order valence-electron chi connectivity index (χ1n) is 3.25. The summed E-state index contributed by atoms with van der Waals surface area (Å²) in [6, 6.07) is 0.783. The number of anilines is 1. The van der Waals surface area contributed by atoms with Gasteiger partial charge in [-0.15, -0.1) is 0 Å². The summed E-state index contributed by atoms with van der Waals surface area (Å²) in [5.41, 5.74) is 0. The smallest absolute Gasteiger partial charge is 0.361 e. The van der Waals surface area contributed by atoms with Crippen molar-refractivity contribution in [3.8, 4) is 0 Å². The van der Waals surface area contributed by atoms with Crippen molar-refractivity contribution in [1.82, 2.24) is 9.97 Å². The van der Waals surface area contributed by atoms with E-state index < -0.39 is 18.7 Å². The van der Waals surface area contributed by atoms with Gasteiger partial charge in [-0.05, 0) is 0 Å². The quantitative estimate of drug-likeness (QED) is 0.575. The highest BCUT2D eigenvalue weighted by molar-refractivity contribution is 5.32. The van der Waals surface area contributed by atoms with E-state index >= 15 is 0 Å². The fourth-order valence-corrected chi connectivity index (χ4v) is 0.621. The second kappa shape index (κ2) is 3.55. The number of halogens is 4. The molecule has 13 heavy (non-hydrogen) atoms. The zero-order valence-electron chi connectivity index (χ0n) is 6.27. The van der Waals surface area contributed by atoms with Crippen LogP contribution in [-0.4, -0.2) is 22.7 Å². The third-order valence-corrected chi connectivity index (χ3v) is 1.10. The van der Waals surface area contributed by atoms with Crippen LogP contribution in [0.1, 0.15) is 0 Å². The maximum Gasteiger partial charge on any atom is 0.405 e. The van der Waals surface area contributed by atoms with Gasteiger partial charge in [-0.1, -0.05) is 0 Å². The van der Waals surface area contributed by atoms with Gasteiger partial charge in [0.25, 0.3) is 0 Å². The highest BCUT2D eigenvalue weighted by Gasteiger charge is 2.26. The van der Waals surface area contributed by atoms with Crippen molar-refractivity contribution in [1.29, 1.82) is 0 Å². The number of rotatable bonds is 2. The van der Waals surface area contributed by atoms with E-state index in [0.29, 0.717) is 0 Å². The van der Waals surface area contributed by atoms with Crippen LogP contribution in [0.2, 0.25) is 0 Å². The molecular formula is C6H5F4N3. The average Bonchev–Trinajstić information content (AvgIpc) is 2.00. The maximum absolute atomic E-state index is 12.3. The lowest BCUT2D eigenvalue weighted by Gasteiger charge is -2.07. The van der Waals surface area contributed by atoms with Crippen molar-refractivity contribution in [2.45, 2.75) is 6.18 Å². The largest absolute Gasteiger partial charge is 0.405 e. The minimum Gasteiger partial charge on any atom is -0.361 e. The van der Waals surface area contributed by atoms with E-state index in [1.54, 1.807) is 0 Å². The summed E-state index contributed by atoms with van der Waals surface area (Å²) in [7, 11) is 0. The van der Waals surface area contributed by atoms with E-state index in [-0.39, 0.29) is 5.82 Å². The predicted octanol–water partition coefficient (Wildman–Crippen LogP) is 1.59. The van der Waals surface area contributed by atoms with Crippen molar-refractivity contribution in [3.63, 3.8) is 0 Å². The Balaban J connectivity index is 2.55. The monoisotopic (exact) mass is 195 g/mol. The summed E-state index contributed by atoms with van der Waals surface area (Å²) < 4.78 is 47.2. The molecule has 0 aliphatic carbocycles. The Morgan fingerprint density at radius 2 is 2.00 bits per heavy atom. The molecule has 1 aromatic rings. The molecule has 0 saturated heterocycles. The molecule has 0 aliphatic rings. The third-order valence-electron chi connectivity index (χ3n) is 1.10. The van der Waals surface area contributed by atoms with E-state index in [0.717, 1.165) is 12.4 Å². The van der Waals surface area contributed by atoms with Crippen LogP contribution >= 0.6 is 0 Å². The van der Waals surface area contributed by atoms with Gasteiger partial charge in [-0.25, -0.2) is 9.97 Å². The number of hydrogen-bond donors (Lipinski definition) is 1. The van der Waals surface area contributed by atoms with E-state index in [1.165, 1.54) is 0 Å². The molecule has 0 aliphatic heterocycles. The van der Waals surface area contributed by atoms with Gasteiger partial charge in [-0.3, -0.25) is 0 Å². The fraction of sp³-hybridized carbons (Fsp3) is 0.333. The number of hydrogen-bond acceptors (Lipinski definition) is 3. The molecule has 1 N–H and O–H groups in total. The van der Waals surface area contributed by atoms with Gasteiger partial charge in [0, 0.05) is 6.07 Å². The Labute approximate surface area is 70.8 Å². The number of alkyl halides is 3. The molecule has 0 radical (unpaired) electrons. The normalized spacial score (nSPS) is 11.4. The van der Waals surface area contributed by atoms with Crippen molar-refractivity contribution in [2.75, 3.05) is 11.9 Å². The lowest BCUT2D eigenvalue weighted by molar-refractivity contribution is -0.115. The summed E-state index contributed by atoms with van der Waals surface area (Å²) in [6.45, 7) is -1.25. The molecule has 7 heteroatoms. The molecule has 72 valence electrons. The Morgan fingerprint density at radius 1 is 1.31 bits per heavy atom. The van der Waals surface area contributed by atoms with Crippen molar-refractivity contribution in [2.24, 2.45) is 0 Å². The second-order valence-corrected chi connectivity index (χ2v) is 2.19. The molecule has 1 aromatic heterocycles. The highest BCUT2D eigenvalue weighted by Crippen LogP contribution is 2.15. The van der Waals surface area contributed by atoms with Gasteiger partial charge in [-0.2, -0.15) is 17.6 Å². The Bertz CT molecular complexity index is 285. The van der Waals surface area contributed by atoms with Crippen LogP contribution < -0.4 is 5.32 Å². The second-order valence-electron chi connectivity index (χ2n) is 2.19. The van der Waals surface area contributed by atoms with Gasteiger partial charge < -0.3 is 5.32 Å². The molecule has 1 heterocycles. The molecule has 0 spiro atoms. The summed E-state index contributed by atoms with van der Waals surface area (Å²) in [5.74, 6) is -1.07. The first-order chi connectivity index (χ1) is 5.97. The number of nitrogens with one attached hydrogen (secondary N) is 1. The molecule has 0 aromatic carbocycles. The summed E-state index contributed by atoms with van der Waals surface area (Å²) in [6.07, 6.45) is -3.50. The first-order valence-corrected chi connectivity index (χ1v) is 3.25. The first kappa shape index (κ1) is 9.69. The van der Waals surface area contributed by atoms with Gasteiger partial charge in [0.2, 0.25) is 5.95 Å². The summed E-state index contributed by atoms with van der Waals surface area (Å²) in [5, 5.41) is 1.91. The molecular weight excluding hydrogens is 190 g/mol. The Morgan fingerprint density at radius 3 is 2.54 bits per heavy atom. The maximum atomic E-state index is 12.3. The van der Waals surface area contributed by atoms with Crippen LogP contribution in [0.5, 0.6) is 0 Å². The SMILES string of the molecule is Fc1cc(NCC(F)(F)F)ncn1.